The summed E-state index contributed by atoms with van der Waals surface area (Å²) in [6.45, 7) is 4.37. The number of alkyl halides is 6. The number of likely N-dealkylation sites (tertiary alicyclic amines) is 1. The van der Waals surface area contributed by atoms with Crippen molar-refractivity contribution in [2.75, 3.05) is 13.1 Å². The lowest BCUT2D eigenvalue weighted by Crippen LogP contribution is -2.50. The van der Waals surface area contributed by atoms with Gasteiger partial charge in [0, 0.05) is 6.54 Å². The SMILES string of the molecule is CC(C(=O)N[C@]1(c2ccccc2)CC[C@H](C2CCN(Cc3ccccc3)CC2)CC1)c1cc(C(F)(F)F)cc(C(F)(F)F)c1. The van der Waals surface area contributed by atoms with Gasteiger partial charge in [-0.25, -0.2) is 0 Å². The first-order valence-corrected chi connectivity index (χ1v) is 15.3. The van der Waals surface area contributed by atoms with Crippen molar-refractivity contribution in [2.24, 2.45) is 11.8 Å². The Morgan fingerprint density at radius 3 is 1.82 bits per heavy atom. The van der Waals surface area contributed by atoms with Crippen LogP contribution >= 0.6 is 0 Å². The molecule has 1 unspecified atom stereocenters. The fraction of sp³-hybridized carbons (Fsp3) is 0.457. The molecule has 1 aliphatic heterocycles. The number of halogens is 6. The molecule has 5 rings (SSSR count). The summed E-state index contributed by atoms with van der Waals surface area (Å²) in [5, 5.41) is 3.11. The number of rotatable bonds is 7. The van der Waals surface area contributed by atoms with Crippen molar-refractivity contribution < 1.29 is 31.1 Å². The molecule has 1 saturated heterocycles. The van der Waals surface area contributed by atoms with Crippen LogP contribution in [0.5, 0.6) is 0 Å². The monoisotopic (exact) mass is 616 g/mol. The van der Waals surface area contributed by atoms with Gasteiger partial charge in [-0.3, -0.25) is 9.69 Å². The Bertz CT molecular complexity index is 1360. The highest BCUT2D eigenvalue weighted by atomic mass is 19.4. The molecule has 3 nitrogen and oxygen atoms in total. The van der Waals surface area contributed by atoms with Gasteiger partial charge in [0.05, 0.1) is 22.6 Å². The first kappa shape index (κ1) is 32.1. The molecule has 236 valence electrons. The predicted molar refractivity (Wildman–Crippen MR) is 158 cm³/mol. The number of carbonyl (C=O) groups is 1. The van der Waals surface area contributed by atoms with Gasteiger partial charge in [0.2, 0.25) is 5.91 Å². The van der Waals surface area contributed by atoms with Crippen LogP contribution in [0.3, 0.4) is 0 Å². The summed E-state index contributed by atoms with van der Waals surface area (Å²) in [4.78, 5) is 16.1. The zero-order chi connectivity index (χ0) is 31.5. The zero-order valence-electron chi connectivity index (χ0n) is 24.7. The highest BCUT2D eigenvalue weighted by molar-refractivity contribution is 5.84. The van der Waals surface area contributed by atoms with Crippen LogP contribution in [0.2, 0.25) is 0 Å². The maximum Gasteiger partial charge on any atom is 0.416 e. The van der Waals surface area contributed by atoms with Crippen LogP contribution < -0.4 is 5.32 Å². The average molecular weight is 617 g/mol. The van der Waals surface area contributed by atoms with E-state index in [1.807, 2.05) is 36.4 Å². The maximum absolute atomic E-state index is 13.6. The van der Waals surface area contributed by atoms with Gasteiger partial charge in [-0.2, -0.15) is 26.3 Å². The Morgan fingerprint density at radius 1 is 0.795 bits per heavy atom. The summed E-state index contributed by atoms with van der Waals surface area (Å²) in [6.07, 6.45) is -4.67. The molecule has 9 heteroatoms. The third-order valence-corrected chi connectivity index (χ3v) is 9.62. The minimum Gasteiger partial charge on any atom is -0.346 e. The van der Waals surface area contributed by atoms with E-state index in [0.29, 0.717) is 36.8 Å². The summed E-state index contributed by atoms with van der Waals surface area (Å²) in [5.41, 5.74) is -1.70. The summed E-state index contributed by atoms with van der Waals surface area (Å²) in [7, 11) is 0. The zero-order valence-corrected chi connectivity index (χ0v) is 24.7. The average Bonchev–Trinajstić information content (AvgIpc) is 3.01. The van der Waals surface area contributed by atoms with Gasteiger partial charge >= 0.3 is 12.4 Å². The van der Waals surface area contributed by atoms with E-state index in [0.717, 1.165) is 50.9 Å². The van der Waals surface area contributed by atoms with Crippen molar-refractivity contribution >= 4 is 5.91 Å². The van der Waals surface area contributed by atoms with Crippen LogP contribution in [0.1, 0.15) is 79.2 Å². The highest BCUT2D eigenvalue weighted by Gasteiger charge is 2.42. The van der Waals surface area contributed by atoms with Crippen LogP contribution in [0.15, 0.2) is 78.9 Å². The molecule has 3 aromatic rings. The maximum atomic E-state index is 13.6. The van der Waals surface area contributed by atoms with Gasteiger partial charge in [-0.15, -0.1) is 0 Å². The molecule has 1 amide bonds. The summed E-state index contributed by atoms with van der Waals surface area (Å²) < 4.78 is 81.0. The van der Waals surface area contributed by atoms with Crippen LogP contribution in [-0.2, 0) is 29.2 Å². The molecule has 1 N–H and O–H groups in total. The van der Waals surface area contributed by atoms with Crippen LogP contribution in [0, 0.1) is 11.8 Å². The van der Waals surface area contributed by atoms with E-state index in [2.05, 4.69) is 34.5 Å². The van der Waals surface area contributed by atoms with Crippen molar-refractivity contribution in [3.8, 4) is 0 Å². The lowest BCUT2D eigenvalue weighted by atomic mass is 9.67. The number of nitrogens with one attached hydrogen (secondary N) is 1. The van der Waals surface area contributed by atoms with Crippen molar-refractivity contribution in [3.63, 3.8) is 0 Å². The van der Waals surface area contributed by atoms with Crippen LogP contribution in [-0.4, -0.2) is 23.9 Å². The Kier molecular flexibility index (Phi) is 9.44. The molecule has 1 atom stereocenters. The summed E-state index contributed by atoms with van der Waals surface area (Å²) in [6, 6.07) is 21.3. The third kappa shape index (κ3) is 7.48. The topological polar surface area (TPSA) is 32.3 Å². The van der Waals surface area contributed by atoms with Crippen molar-refractivity contribution in [2.45, 2.75) is 75.8 Å². The minimum absolute atomic E-state index is 0.0903. The van der Waals surface area contributed by atoms with E-state index in [-0.39, 0.29) is 11.6 Å². The summed E-state index contributed by atoms with van der Waals surface area (Å²) >= 11 is 0. The van der Waals surface area contributed by atoms with Gasteiger partial charge in [-0.1, -0.05) is 60.7 Å². The highest BCUT2D eigenvalue weighted by Crippen LogP contribution is 2.45. The second-order valence-corrected chi connectivity index (χ2v) is 12.4. The van der Waals surface area contributed by atoms with Crippen LogP contribution in [0.25, 0.3) is 0 Å². The van der Waals surface area contributed by atoms with Gasteiger partial charge < -0.3 is 5.32 Å². The first-order valence-electron chi connectivity index (χ1n) is 15.3. The second-order valence-electron chi connectivity index (χ2n) is 12.4. The molecular formula is C35H38F6N2O. The quantitative estimate of drug-likeness (QED) is 0.269. The van der Waals surface area contributed by atoms with E-state index >= 15 is 0 Å². The number of carbonyl (C=O) groups excluding carboxylic acids is 1. The molecule has 0 aromatic heterocycles. The minimum atomic E-state index is -4.98. The fourth-order valence-electron chi connectivity index (χ4n) is 7.00. The van der Waals surface area contributed by atoms with Crippen molar-refractivity contribution in [1.29, 1.82) is 0 Å². The number of nitrogens with zero attached hydrogens (tertiary/aromatic N) is 1. The van der Waals surface area contributed by atoms with Crippen LogP contribution in [0.4, 0.5) is 26.3 Å². The molecule has 1 aliphatic carbocycles. The molecule has 1 heterocycles. The van der Waals surface area contributed by atoms with E-state index in [9.17, 15) is 31.1 Å². The number of benzene rings is 3. The van der Waals surface area contributed by atoms with E-state index < -0.39 is 40.8 Å². The molecule has 2 aliphatic rings. The van der Waals surface area contributed by atoms with Gasteiger partial charge in [0.1, 0.15) is 0 Å². The molecule has 0 bridgehead atoms. The van der Waals surface area contributed by atoms with E-state index in [1.54, 1.807) is 0 Å². The van der Waals surface area contributed by atoms with E-state index in [1.165, 1.54) is 12.5 Å². The number of hydrogen-bond donors (Lipinski definition) is 1. The Balaban J connectivity index is 1.29. The Labute approximate surface area is 254 Å². The normalized spacial score (nSPS) is 22.8. The number of amides is 1. The largest absolute Gasteiger partial charge is 0.416 e. The fourth-order valence-corrected chi connectivity index (χ4v) is 7.00. The van der Waals surface area contributed by atoms with E-state index in [4.69, 9.17) is 0 Å². The Morgan fingerprint density at radius 2 is 1.30 bits per heavy atom. The lowest BCUT2D eigenvalue weighted by molar-refractivity contribution is -0.143. The molecule has 2 fully saturated rings. The first-order chi connectivity index (χ1) is 20.8. The molecule has 44 heavy (non-hydrogen) atoms. The summed E-state index contributed by atoms with van der Waals surface area (Å²) in [5.74, 6) is -0.728. The Hall–Kier alpha value is -3.33. The van der Waals surface area contributed by atoms with Crippen molar-refractivity contribution in [1.82, 2.24) is 10.2 Å². The number of piperidine rings is 1. The third-order valence-electron chi connectivity index (χ3n) is 9.62. The van der Waals surface area contributed by atoms with Gasteiger partial charge in [-0.05, 0) is 105 Å². The smallest absolute Gasteiger partial charge is 0.346 e. The lowest BCUT2D eigenvalue weighted by Gasteiger charge is -2.45. The molecule has 3 aromatic carbocycles. The molecule has 0 radical (unpaired) electrons. The standard InChI is InChI=1S/C35H38F6N2O/c1-24(28-20-30(34(36,37)38)22-31(21-28)35(39,40)41)32(44)42-33(29-10-6-3-7-11-29)16-12-26(13-17-33)27-14-18-43(19-15-27)23-25-8-4-2-5-9-25/h2-11,20-22,24,26-27H,12-19,23H2,1H3,(H,42,44)/t24?,26-,33+. The van der Waals surface area contributed by atoms with Gasteiger partial charge in [0.25, 0.3) is 0 Å². The molecular weight excluding hydrogens is 578 g/mol. The molecule has 1 saturated carbocycles. The van der Waals surface area contributed by atoms with Gasteiger partial charge in [0.15, 0.2) is 0 Å². The predicted octanol–water partition coefficient (Wildman–Crippen LogP) is 8.94. The molecule has 0 spiro atoms. The number of hydrogen-bond acceptors (Lipinski definition) is 2. The van der Waals surface area contributed by atoms with Crippen molar-refractivity contribution in [3.05, 3.63) is 107 Å². The second kappa shape index (κ2) is 13.0.